The van der Waals surface area contributed by atoms with Crippen molar-refractivity contribution in [2.24, 2.45) is 0 Å². The van der Waals surface area contributed by atoms with E-state index in [1.54, 1.807) is 24.3 Å². The normalized spacial score (nSPS) is 11.7. The molecular weight excluding hydrogens is 292 g/mol. The van der Waals surface area contributed by atoms with Crippen LogP contribution in [0.2, 0.25) is 0 Å². The molecule has 0 heterocycles. The Morgan fingerprint density at radius 3 is 2.35 bits per heavy atom. The number of benzene rings is 2. The number of aromatic hydroxyl groups is 1. The summed E-state index contributed by atoms with van der Waals surface area (Å²) in [6.07, 6.45) is 1.03. The molecule has 0 amide bonds. The second-order valence-corrected chi connectivity index (χ2v) is 5.45. The van der Waals surface area contributed by atoms with Gasteiger partial charge in [0.15, 0.2) is 12.4 Å². The SMILES string of the molecule is CC[C@@H](C)c1ccc(C(=O)COC(=O)c2ccccc2O)cc1. The van der Waals surface area contributed by atoms with Crippen LogP contribution in [0, 0.1) is 0 Å². The average Bonchev–Trinajstić information content (AvgIpc) is 2.59. The first-order valence-corrected chi connectivity index (χ1v) is 7.61. The van der Waals surface area contributed by atoms with Gasteiger partial charge in [0.1, 0.15) is 11.3 Å². The number of ether oxygens (including phenoxy) is 1. The zero-order chi connectivity index (χ0) is 16.8. The summed E-state index contributed by atoms with van der Waals surface area (Å²) >= 11 is 0. The number of phenolic OH excluding ortho intramolecular Hbond substituents is 1. The zero-order valence-electron chi connectivity index (χ0n) is 13.3. The molecule has 2 aromatic rings. The van der Waals surface area contributed by atoms with Gasteiger partial charge in [0.05, 0.1) is 0 Å². The fourth-order valence-corrected chi connectivity index (χ4v) is 2.17. The number of rotatable bonds is 6. The van der Waals surface area contributed by atoms with E-state index >= 15 is 0 Å². The van der Waals surface area contributed by atoms with Gasteiger partial charge < -0.3 is 9.84 Å². The fraction of sp³-hybridized carbons (Fsp3) is 0.263. The summed E-state index contributed by atoms with van der Waals surface area (Å²) < 4.78 is 4.98. The predicted molar refractivity (Wildman–Crippen MR) is 87.9 cm³/mol. The maximum absolute atomic E-state index is 12.1. The Kier molecular flexibility index (Phi) is 5.52. The Morgan fingerprint density at radius 1 is 1.09 bits per heavy atom. The number of phenols is 1. The summed E-state index contributed by atoms with van der Waals surface area (Å²) in [6, 6.07) is 13.4. The molecule has 0 aliphatic carbocycles. The average molecular weight is 312 g/mol. The van der Waals surface area contributed by atoms with Crippen LogP contribution in [0.25, 0.3) is 0 Å². The largest absolute Gasteiger partial charge is 0.507 e. The van der Waals surface area contributed by atoms with E-state index in [0.717, 1.165) is 6.42 Å². The number of hydrogen-bond donors (Lipinski definition) is 1. The van der Waals surface area contributed by atoms with Crippen molar-refractivity contribution in [2.45, 2.75) is 26.2 Å². The van der Waals surface area contributed by atoms with Crippen LogP contribution in [-0.2, 0) is 4.74 Å². The Labute approximate surface area is 135 Å². The van der Waals surface area contributed by atoms with Crippen molar-refractivity contribution in [1.29, 1.82) is 0 Å². The molecule has 0 unspecified atom stereocenters. The summed E-state index contributed by atoms with van der Waals surface area (Å²) in [5.41, 5.74) is 1.73. The summed E-state index contributed by atoms with van der Waals surface area (Å²) in [5, 5.41) is 9.58. The molecule has 0 bridgehead atoms. The number of ketones is 1. The third-order valence-electron chi connectivity index (χ3n) is 3.87. The molecule has 120 valence electrons. The first kappa shape index (κ1) is 16.7. The van der Waals surface area contributed by atoms with Crippen molar-refractivity contribution in [3.8, 4) is 5.75 Å². The second-order valence-electron chi connectivity index (χ2n) is 5.45. The third-order valence-corrected chi connectivity index (χ3v) is 3.87. The lowest BCUT2D eigenvalue weighted by Crippen LogP contribution is -2.14. The van der Waals surface area contributed by atoms with Crippen molar-refractivity contribution >= 4 is 11.8 Å². The number of Topliss-reactive ketones (excluding diaryl/α,β-unsaturated/α-hetero) is 1. The molecule has 0 spiro atoms. The van der Waals surface area contributed by atoms with Gasteiger partial charge in [0, 0.05) is 5.56 Å². The van der Waals surface area contributed by atoms with E-state index in [-0.39, 0.29) is 23.7 Å². The highest BCUT2D eigenvalue weighted by Gasteiger charge is 2.15. The van der Waals surface area contributed by atoms with E-state index in [1.807, 2.05) is 12.1 Å². The topological polar surface area (TPSA) is 63.6 Å². The molecule has 0 fully saturated rings. The number of carbonyl (C=O) groups excluding carboxylic acids is 2. The number of para-hydroxylation sites is 1. The van der Waals surface area contributed by atoms with Crippen LogP contribution in [0.4, 0.5) is 0 Å². The lowest BCUT2D eigenvalue weighted by Gasteiger charge is -2.10. The molecule has 0 aliphatic heterocycles. The highest BCUT2D eigenvalue weighted by molar-refractivity contribution is 5.99. The lowest BCUT2D eigenvalue weighted by molar-refractivity contribution is 0.0472. The van der Waals surface area contributed by atoms with Crippen LogP contribution < -0.4 is 0 Å². The summed E-state index contributed by atoms with van der Waals surface area (Å²) in [4.78, 5) is 23.9. The van der Waals surface area contributed by atoms with E-state index < -0.39 is 5.97 Å². The van der Waals surface area contributed by atoms with Crippen molar-refractivity contribution in [1.82, 2.24) is 0 Å². The van der Waals surface area contributed by atoms with Crippen LogP contribution in [0.15, 0.2) is 48.5 Å². The van der Waals surface area contributed by atoms with Gasteiger partial charge in [0.25, 0.3) is 0 Å². The maximum Gasteiger partial charge on any atom is 0.342 e. The minimum absolute atomic E-state index is 0.0485. The van der Waals surface area contributed by atoms with E-state index in [2.05, 4.69) is 13.8 Å². The molecule has 0 radical (unpaired) electrons. The Morgan fingerprint density at radius 2 is 1.74 bits per heavy atom. The molecular formula is C19H20O4. The maximum atomic E-state index is 12.1. The molecule has 4 nitrogen and oxygen atoms in total. The van der Waals surface area contributed by atoms with E-state index in [4.69, 9.17) is 4.74 Å². The van der Waals surface area contributed by atoms with E-state index in [9.17, 15) is 14.7 Å². The monoisotopic (exact) mass is 312 g/mol. The second kappa shape index (κ2) is 7.58. The van der Waals surface area contributed by atoms with Gasteiger partial charge in [-0.25, -0.2) is 4.79 Å². The quantitative estimate of drug-likeness (QED) is 0.648. The number of esters is 1. The Balaban J connectivity index is 1.97. The smallest absolute Gasteiger partial charge is 0.342 e. The van der Waals surface area contributed by atoms with Gasteiger partial charge in [-0.2, -0.15) is 0 Å². The Bertz CT molecular complexity index is 689. The lowest BCUT2D eigenvalue weighted by atomic mass is 9.97. The van der Waals surface area contributed by atoms with Crippen LogP contribution in [0.3, 0.4) is 0 Å². The van der Waals surface area contributed by atoms with Crippen LogP contribution in [0.1, 0.15) is 52.5 Å². The fourth-order valence-electron chi connectivity index (χ4n) is 2.17. The van der Waals surface area contributed by atoms with Crippen molar-refractivity contribution in [2.75, 3.05) is 6.61 Å². The number of carbonyl (C=O) groups is 2. The highest BCUT2D eigenvalue weighted by atomic mass is 16.5. The molecule has 2 aromatic carbocycles. The highest BCUT2D eigenvalue weighted by Crippen LogP contribution is 2.19. The Hall–Kier alpha value is -2.62. The third kappa shape index (κ3) is 4.19. The molecule has 23 heavy (non-hydrogen) atoms. The summed E-state index contributed by atoms with van der Waals surface area (Å²) in [6.45, 7) is 3.89. The van der Waals surface area contributed by atoms with Crippen LogP contribution in [0.5, 0.6) is 5.75 Å². The zero-order valence-corrected chi connectivity index (χ0v) is 13.3. The molecule has 0 aliphatic rings. The minimum Gasteiger partial charge on any atom is -0.507 e. The van der Waals surface area contributed by atoms with Crippen LogP contribution in [-0.4, -0.2) is 23.5 Å². The van der Waals surface area contributed by atoms with Gasteiger partial charge >= 0.3 is 5.97 Å². The van der Waals surface area contributed by atoms with Crippen molar-refractivity contribution < 1.29 is 19.4 Å². The first-order valence-electron chi connectivity index (χ1n) is 7.61. The van der Waals surface area contributed by atoms with Gasteiger partial charge in [-0.15, -0.1) is 0 Å². The molecule has 0 saturated heterocycles. The van der Waals surface area contributed by atoms with Crippen LogP contribution >= 0.6 is 0 Å². The minimum atomic E-state index is -0.715. The molecule has 1 atom stereocenters. The van der Waals surface area contributed by atoms with Gasteiger partial charge in [-0.3, -0.25) is 4.79 Å². The summed E-state index contributed by atoms with van der Waals surface area (Å²) in [7, 11) is 0. The van der Waals surface area contributed by atoms with Gasteiger partial charge in [-0.05, 0) is 30.0 Å². The van der Waals surface area contributed by atoms with Gasteiger partial charge in [-0.1, -0.05) is 50.2 Å². The van der Waals surface area contributed by atoms with Crippen molar-refractivity contribution in [3.05, 3.63) is 65.2 Å². The summed E-state index contributed by atoms with van der Waals surface area (Å²) in [5.74, 6) is -0.710. The molecule has 1 N–H and O–H groups in total. The van der Waals surface area contributed by atoms with E-state index in [0.29, 0.717) is 11.5 Å². The predicted octanol–water partition coefficient (Wildman–Crippen LogP) is 3.95. The van der Waals surface area contributed by atoms with Crippen molar-refractivity contribution in [3.63, 3.8) is 0 Å². The molecule has 0 aromatic heterocycles. The molecule has 2 rings (SSSR count). The molecule has 4 heteroatoms. The first-order chi connectivity index (χ1) is 11.0. The number of hydrogen-bond acceptors (Lipinski definition) is 4. The van der Waals surface area contributed by atoms with Gasteiger partial charge in [0.2, 0.25) is 0 Å². The van der Waals surface area contributed by atoms with E-state index in [1.165, 1.54) is 17.7 Å². The standard InChI is InChI=1S/C19H20O4/c1-3-13(2)14-8-10-15(11-9-14)18(21)12-23-19(22)16-6-4-5-7-17(16)20/h4-11,13,20H,3,12H2,1-2H3/t13-/m1/s1. The molecule has 0 saturated carbocycles.